The minimum Gasteiger partial charge on any atom is -0.385 e. The van der Waals surface area contributed by atoms with Gasteiger partial charge in [-0.3, -0.25) is 9.78 Å². The van der Waals surface area contributed by atoms with E-state index in [0.29, 0.717) is 23.0 Å². The molecule has 6 heteroatoms. The highest BCUT2D eigenvalue weighted by Crippen LogP contribution is 2.21. The number of carbonyl (C=O) groups is 1. The van der Waals surface area contributed by atoms with Gasteiger partial charge in [0.1, 0.15) is 5.69 Å². The van der Waals surface area contributed by atoms with Gasteiger partial charge in [0, 0.05) is 32.1 Å². The highest BCUT2D eigenvalue weighted by molar-refractivity contribution is 6.33. The van der Waals surface area contributed by atoms with Crippen molar-refractivity contribution in [2.45, 2.75) is 6.42 Å². The average Bonchev–Trinajstić information content (AvgIpc) is 2.54. The molecule has 116 valence electrons. The van der Waals surface area contributed by atoms with E-state index in [2.05, 4.69) is 15.6 Å². The minimum absolute atomic E-state index is 0.298. The molecule has 0 fully saturated rings. The molecule has 0 atom stereocenters. The van der Waals surface area contributed by atoms with E-state index in [1.54, 1.807) is 37.6 Å². The summed E-state index contributed by atoms with van der Waals surface area (Å²) in [7, 11) is 1.67. The quantitative estimate of drug-likeness (QED) is 0.767. The number of anilines is 2. The predicted octanol–water partition coefficient (Wildman–Crippen LogP) is 3.44. The van der Waals surface area contributed by atoms with Crippen LogP contribution in [-0.4, -0.2) is 31.2 Å². The van der Waals surface area contributed by atoms with Gasteiger partial charge >= 0.3 is 0 Å². The monoisotopic (exact) mass is 319 g/mol. The van der Waals surface area contributed by atoms with E-state index in [1.165, 1.54) is 0 Å². The molecule has 0 unspecified atom stereocenters. The summed E-state index contributed by atoms with van der Waals surface area (Å²) in [5, 5.41) is 6.46. The van der Waals surface area contributed by atoms with E-state index in [9.17, 15) is 4.79 Å². The lowest BCUT2D eigenvalue weighted by Gasteiger charge is -2.09. The van der Waals surface area contributed by atoms with Gasteiger partial charge in [-0.15, -0.1) is 0 Å². The Morgan fingerprint density at radius 1 is 1.32 bits per heavy atom. The number of nitrogens with zero attached hydrogens (tertiary/aromatic N) is 1. The fraction of sp³-hybridized carbons (Fsp3) is 0.250. The van der Waals surface area contributed by atoms with Crippen molar-refractivity contribution >= 4 is 28.9 Å². The molecule has 5 nitrogen and oxygen atoms in total. The second-order valence-corrected chi connectivity index (χ2v) is 5.04. The van der Waals surface area contributed by atoms with Gasteiger partial charge in [-0.05, 0) is 30.7 Å². The highest BCUT2D eigenvalue weighted by Gasteiger charge is 2.10. The Balaban J connectivity index is 1.99. The number of carbonyl (C=O) groups excluding carboxylic acids is 1. The minimum atomic E-state index is -0.298. The van der Waals surface area contributed by atoms with Crippen LogP contribution in [0.1, 0.15) is 16.9 Å². The molecule has 0 aliphatic rings. The standard InChI is InChI=1S/C16H18ClN3O2/c1-22-10-4-8-18-12-7-9-19-15(11-12)16(21)20-14-6-3-2-5-13(14)17/h2-3,5-7,9,11H,4,8,10H2,1H3,(H,18,19)(H,20,21). The molecule has 0 aliphatic carbocycles. The van der Waals surface area contributed by atoms with E-state index < -0.39 is 0 Å². The van der Waals surface area contributed by atoms with Crippen molar-refractivity contribution in [2.75, 3.05) is 30.9 Å². The highest BCUT2D eigenvalue weighted by atomic mass is 35.5. The van der Waals surface area contributed by atoms with Gasteiger partial charge in [0.25, 0.3) is 5.91 Å². The maximum atomic E-state index is 12.2. The Labute approximate surface area is 134 Å². The fourth-order valence-electron chi connectivity index (χ4n) is 1.86. The van der Waals surface area contributed by atoms with Gasteiger partial charge in [-0.2, -0.15) is 0 Å². The van der Waals surface area contributed by atoms with Gasteiger partial charge in [-0.25, -0.2) is 0 Å². The molecule has 0 saturated carbocycles. The maximum absolute atomic E-state index is 12.2. The number of nitrogens with one attached hydrogen (secondary N) is 2. The van der Waals surface area contributed by atoms with Crippen LogP contribution in [0.5, 0.6) is 0 Å². The largest absolute Gasteiger partial charge is 0.385 e. The third kappa shape index (κ3) is 4.72. The van der Waals surface area contributed by atoms with Crippen LogP contribution in [0, 0.1) is 0 Å². The summed E-state index contributed by atoms with van der Waals surface area (Å²) >= 11 is 6.03. The Morgan fingerprint density at radius 3 is 2.91 bits per heavy atom. The molecular weight excluding hydrogens is 302 g/mol. The third-order valence-corrected chi connectivity index (χ3v) is 3.30. The molecule has 1 aromatic carbocycles. The zero-order valence-electron chi connectivity index (χ0n) is 12.3. The lowest BCUT2D eigenvalue weighted by molar-refractivity contribution is 0.102. The summed E-state index contributed by atoms with van der Waals surface area (Å²) in [5.41, 5.74) is 1.74. The van der Waals surface area contributed by atoms with Crippen molar-refractivity contribution in [3.8, 4) is 0 Å². The number of halogens is 1. The van der Waals surface area contributed by atoms with E-state index >= 15 is 0 Å². The first kappa shape index (κ1) is 16.3. The van der Waals surface area contributed by atoms with Crippen LogP contribution < -0.4 is 10.6 Å². The number of pyridine rings is 1. The van der Waals surface area contributed by atoms with Crippen LogP contribution in [0.4, 0.5) is 11.4 Å². The van der Waals surface area contributed by atoms with E-state index in [-0.39, 0.29) is 5.91 Å². The van der Waals surface area contributed by atoms with Crippen molar-refractivity contribution in [2.24, 2.45) is 0 Å². The van der Waals surface area contributed by atoms with Crippen LogP contribution in [-0.2, 0) is 4.74 Å². The molecule has 1 aromatic heterocycles. The Morgan fingerprint density at radius 2 is 2.14 bits per heavy atom. The summed E-state index contributed by atoms with van der Waals surface area (Å²) in [4.78, 5) is 16.3. The summed E-state index contributed by atoms with van der Waals surface area (Å²) in [5.74, 6) is -0.298. The first-order valence-electron chi connectivity index (χ1n) is 6.95. The van der Waals surface area contributed by atoms with Crippen molar-refractivity contribution in [1.82, 2.24) is 4.98 Å². The zero-order valence-corrected chi connectivity index (χ0v) is 13.1. The molecule has 0 bridgehead atoms. The lowest BCUT2D eigenvalue weighted by atomic mass is 10.2. The summed E-state index contributed by atoms with van der Waals surface area (Å²) in [6.07, 6.45) is 2.49. The molecule has 0 saturated heterocycles. The van der Waals surface area contributed by atoms with Gasteiger partial charge < -0.3 is 15.4 Å². The number of methoxy groups -OCH3 is 1. The molecular formula is C16H18ClN3O2. The smallest absolute Gasteiger partial charge is 0.274 e. The molecule has 0 radical (unpaired) electrons. The number of para-hydroxylation sites is 1. The second kappa shape index (κ2) is 8.36. The second-order valence-electron chi connectivity index (χ2n) is 4.64. The van der Waals surface area contributed by atoms with Crippen LogP contribution >= 0.6 is 11.6 Å². The predicted molar refractivity (Wildman–Crippen MR) is 88.6 cm³/mol. The van der Waals surface area contributed by atoms with Crippen LogP contribution in [0.25, 0.3) is 0 Å². The van der Waals surface area contributed by atoms with E-state index in [0.717, 1.165) is 18.7 Å². The molecule has 2 N–H and O–H groups in total. The molecule has 2 rings (SSSR count). The van der Waals surface area contributed by atoms with Gasteiger partial charge in [0.15, 0.2) is 0 Å². The van der Waals surface area contributed by atoms with Crippen LogP contribution in [0.2, 0.25) is 5.02 Å². The molecule has 22 heavy (non-hydrogen) atoms. The van der Waals surface area contributed by atoms with E-state index in [4.69, 9.17) is 16.3 Å². The van der Waals surface area contributed by atoms with Crippen molar-refractivity contribution in [3.05, 3.63) is 53.3 Å². The summed E-state index contributed by atoms with van der Waals surface area (Å²) in [6, 6.07) is 10.6. The number of benzene rings is 1. The third-order valence-electron chi connectivity index (χ3n) is 2.97. The van der Waals surface area contributed by atoms with Crippen LogP contribution in [0.15, 0.2) is 42.6 Å². The Kier molecular flexibility index (Phi) is 6.18. The molecule has 1 heterocycles. The SMILES string of the molecule is COCCCNc1ccnc(C(=O)Nc2ccccc2Cl)c1. The molecule has 2 aromatic rings. The maximum Gasteiger partial charge on any atom is 0.274 e. The van der Waals surface area contributed by atoms with Gasteiger partial charge in [0.2, 0.25) is 0 Å². The molecule has 0 aliphatic heterocycles. The first-order valence-corrected chi connectivity index (χ1v) is 7.33. The first-order chi connectivity index (χ1) is 10.7. The topological polar surface area (TPSA) is 63.2 Å². The van der Waals surface area contributed by atoms with E-state index in [1.807, 2.05) is 12.1 Å². The van der Waals surface area contributed by atoms with Crippen LogP contribution in [0.3, 0.4) is 0 Å². The number of hydrogen-bond donors (Lipinski definition) is 2. The Hall–Kier alpha value is -2.11. The number of amides is 1. The van der Waals surface area contributed by atoms with Crippen molar-refractivity contribution in [3.63, 3.8) is 0 Å². The Bertz CT molecular complexity index is 634. The number of ether oxygens (including phenoxy) is 1. The number of rotatable bonds is 7. The average molecular weight is 320 g/mol. The van der Waals surface area contributed by atoms with Gasteiger partial charge in [0.05, 0.1) is 10.7 Å². The van der Waals surface area contributed by atoms with Crippen molar-refractivity contribution in [1.29, 1.82) is 0 Å². The zero-order chi connectivity index (χ0) is 15.8. The van der Waals surface area contributed by atoms with Gasteiger partial charge in [-0.1, -0.05) is 23.7 Å². The van der Waals surface area contributed by atoms with Crippen molar-refractivity contribution < 1.29 is 9.53 Å². The lowest BCUT2D eigenvalue weighted by Crippen LogP contribution is -2.14. The summed E-state index contributed by atoms with van der Waals surface area (Å²) in [6.45, 7) is 1.46. The number of hydrogen-bond acceptors (Lipinski definition) is 4. The summed E-state index contributed by atoms with van der Waals surface area (Å²) < 4.78 is 4.99. The molecule has 0 spiro atoms. The fourth-order valence-corrected chi connectivity index (χ4v) is 2.05. The normalized spacial score (nSPS) is 10.3. The number of aromatic nitrogens is 1. The molecule has 1 amide bonds.